The van der Waals surface area contributed by atoms with Crippen molar-refractivity contribution in [2.75, 3.05) is 13.7 Å². The Morgan fingerprint density at radius 2 is 1.61 bits per heavy atom. The molecule has 0 aromatic carbocycles. The van der Waals surface area contributed by atoms with Gasteiger partial charge in [0.25, 0.3) is 0 Å². The van der Waals surface area contributed by atoms with Crippen molar-refractivity contribution in [3.05, 3.63) is 0 Å². The second kappa shape index (κ2) is 14.6. The quantitative estimate of drug-likeness (QED) is 0.350. The Labute approximate surface area is 305 Å². The van der Waals surface area contributed by atoms with Gasteiger partial charge in [-0.2, -0.15) is 0 Å². The summed E-state index contributed by atoms with van der Waals surface area (Å²) in [6, 6.07) is 0. The highest BCUT2D eigenvalue weighted by Crippen LogP contribution is 2.57. The summed E-state index contributed by atoms with van der Waals surface area (Å²) in [5.41, 5.74) is -1.11. The van der Waals surface area contributed by atoms with Crippen molar-refractivity contribution in [1.29, 1.82) is 0 Å². The molecule has 0 saturated carbocycles. The highest BCUT2D eigenvalue weighted by Gasteiger charge is 2.65. The second-order valence-corrected chi connectivity index (χ2v) is 18.4. The van der Waals surface area contributed by atoms with Gasteiger partial charge in [0.05, 0.1) is 66.6 Å². The Balaban J connectivity index is 1.13. The molecule has 0 amide bonds. The number of rotatable bonds is 9. The Kier molecular flexibility index (Phi) is 11.4. The van der Waals surface area contributed by atoms with E-state index in [0.29, 0.717) is 6.42 Å². The van der Waals surface area contributed by atoms with Crippen LogP contribution in [0, 0.1) is 41.4 Å². The largest absolute Gasteiger partial charge is 0.550 e. The summed E-state index contributed by atoms with van der Waals surface area (Å²) in [7, 11) is 1.76. The van der Waals surface area contributed by atoms with Gasteiger partial charge in [-0.1, -0.05) is 48.5 Å². The molecule has 0 radical (unpaired) electrons. The monoisotopic (exact) mass is 723 g/mol. The molecule has 6 heterocycles. The molecule has 6 saturated heterocycles. The van der Waals surface area contributed by atoms with Crippen molar-refractivity contribution < 1.29 is 53.3 Å². The molecular weight excluding hydrogens is 656 g/mol. The van der Waals surface area contributed by atoms with Gasteiger partial charge in [0.2, 0.25) is 0 Å². The van der Waals surface area contributed by atoms with E-state index in [1.165, 1.54) is 0 Å². The molecule has 0 aromatic heterocycles. The van der Waals surface area contributed by atoms with Crippen LogP contribution in [0.25, 0.3) is 0 Å². The third-order valence-corrected chi connectivity index (χ3v) is 14.4. The molecule has 2 N–H and O–H groups in total. The van der Waals surface area contributed by atoms with Crippen LogP contribution in [0.15, 0.2) is 0 Å². The number of hydrogen-bond acceptors (Lipinski definition) is 11. The molecule has 6 rings (SSSR count). The molecule has 6 aliphatic heterocycles. The van der Waals surface area contributed by atoms with Crippen molar-refractivity contribution in [3.63, 3.8) is 0 Å². The van der Waals surface area contributed by atoms with Crippen LogP contribution in [0.5, 0.6) is 0 Å². The van der Waals surface area contributed by atoms with Crippen LogP contribution in [0.3, 0.4) is 0 Å². The number of aliphatic hydroxyl groups excluding tert-OH is 1. The number of carbonyl (C=O) groups is 1. The predicted molar refractivity (Wildman–Crippen MR) is 186 cm³/mol. The first kappa shape index (κ1) is 39.8. The van der Waals surface area contributed by atoms with E-state index in [1.54, 1.807) is 14.0 Å². The maximum Gasteiger partial charge on any atom is 0.192 e. The van der Waals surface area contributed by atoms with Crippen LogP contribution < -0.4 is 5.11 Å². The molecule has 1 unspecified atom stereocenters. The highest BCUT2D eigenvalue weighted by atomic mass is 16.7. The lowest BCUT2D eigenvalue weighted by Crippen LogP contribution is -2.58. The van der Waals surface area contributed by atoms with E-state index >= 15 is 0 Å². The van der Waals surface area contributed by atoms with Crippen molar-refractivity contribution in [1.82, 2.24) is 0 Å². The molecule has 51 heavy (non-hydrogen) atoms. The lowest BCUT2D eigenvalue weighted by atomic mass is 9.78. The van der Waals surface area contributed by atoms with Crippen molar-refractivity contribution in [3.8, 4) is 0 Å². The molecule has 1 spiro atoms. The minimum atomic E-state index is -1.55. The lowest BCUT2D eigenvalue weighted by molar-refractivity contribution is -0.353. The van der Waals surface area contributed by atoms with Crippen LogP contribution >= 0.6 is 0 Å². The molecule has 11 nitrogen and oxygen atoms in total. The van der Waals surface area contributed by atoms with E-state index in [9.17, 15) is 20.1 Å². The first-order valence-corrected chi connectivity index (χ1v) is 20.0. The normalized spacial score (nSPS) is 54.2. The molecule has 6 fully saturated rings. The van der Waals surface area contributed by atoms with Gasteiger partial charge in [0.1, 0.15) is 0 Å². The Bertz CT molecular complexity index is 1230. The van der Waals surface area contributed by atoms with Gasteiger partial charge in [0, 0.05) is 49.6 Å². The fourth-order valence-electron chi connectivity index (χ4n) is 11.3. The van der Waals surface area contributed by atoms with Crippen LogP contribution in [-0.2, 0) is 38.0 Å². The third kappa shape index (κ3) is 7.19. The summed E-state index contributed by atoms with van der Waals surface area (Å²) in [6.45, 7) is 18.3. The number of ether oxygens (including phenoxy) is 7. The zero-order valence-corrected chi connectivity index (χ0v) is 32.8. The van der Waals surface area contributed by atoms with Crippen molar-refractivity contribution in [2.24, 2.45) is 41.4 Å². The average molecular weight is 724 g/mol. The smallest absolute Gasteiger partial charge is 0.192 e. The predicted octanol–water partition coefficient (Wildman–Crippen LogP) is 4.37. The Morgan fingerprint density at radius 3 is 2.27 bits per heavy atom. The van der Waals surface area contributed by atoms with Crippen LogP contribution in [-0.4, -0.2) is 102 Å². The molecule has 0 bridgehead atoms. The van der Waals surface area contributed by atoms with Gasteiger partial charge in [-0.3, -0.25) is 0 Å². The molecule has 6 aliphatic rings. The second-order valence-electron chi connectivity index (χ2n) is 18.4. The van der Waals surface area contributed by atoms with E-state index in [4.69, 9.17) is 33.2 Å². The first-order valence-electron chi connectivity index (χ1n) is 20.0. The SMILES string of the molecule is CO[C@@H]1C[C@@H](C[C@H]2CC[C@H](C)[C@H]([C@@H](C)C(=O)[O-])O2)O[C@]2(O[C@@](C)([C@H]3CC[C@@](C)(C4O[C@@H]([C@H]5O[C@@](O)(CO)[C@H](C)C[C@@H]5C)C[C@@H]4C)O3)C[C@H]2C)[C@@H]1C. The summed E-state index contributed by atoms with van der Waals surface area (Å²) in [5.74, 6) is -3.70. The van der Waals surface area contributed by atoms with E-state index in [-0.39, 0.29) is 84.3 Å². The molecule has 294 valence electrons. The van der Waals surface area contributed by atoms with E-state index in [2.05, 4.69) is 48.5 Å². The van der Waals surface area contributed by atoms with Gasteiger partial charge in [-0.15, -0.1) is 0 Å². The zero-order chi connectivity index (χ0) is 37.3. The Morgan fingerprint density at radius 1 is 0.882 bits per heavy atom. The maximum absolute atomic E-state index is 11.7. The standard InChI is InChI=1S/C40H68O11/c1-21-11-12-28(46-33(21)26(6)36(42)43)17-29-18-30(45-10)27(7)40(48-29)25(5)19-38(9,51-40)32-13-14-37(8,49-32)35-23(3)16-31(47-35)34-22(2)15-24(4)39(44,20-41)50-34/h21-35,41,44H,11-20H2,1-10H3,(H,42,43)/p-1/t21-,22-,23-,24+,25+,26+,27+,28+,29+,30+,31+,32+,33+,34-,35?,37-,38+,39-,40+/m0/s1. The van der Waals surface area contributed by atoms with Gasteiger partial charge in [0.15, 0.2) is 11.6 Å². The zero-order valence-electron chi connectivity index (χ0n) is 32.8. The Hall–Kier alpha value is -0.890. The minimum Gasteiger partial charge on any atom is -0.550 e. The van der Waals surface area contributed by atoms with Gasteiger partial charge >= 0.3 is 0 Å². The summed E-state index contributed by atoms with van der Waals surface area (Å²) in [4.78, 5) is 11.7. The fraction of sp³-hybridized carbons (Fsp3) is 0.975. The summed E-state index contributed by atoms with van der Waals surface area (Å²) in [6.07, 6.45) is 5.62. The first-order chi connectivity index (χ1) is 23.9. The number of aliphatic hydroxyl groups is 2. The molecule has 0 aromatic rings. The summed E-state index contributed by atoms with van der Waals surface area (Å²) < 4.78 is 46.9. The van der Waals surface area contributed by atoms with Crippen LogP contribution in [0.2, 0.25) is 0 Å². The summed E-state index contributed by atoms with van der Waals surface area (Å²) >= 11 is 0. The maximum atomic E-state index is 11.7. The lowest BCUT2D eigenvalue weighted by Gasteiger charge is -2.50. The third-order valence-electron chi connectivity index (χ3n) is 14.4. The van der Waals surface area contributed by atoms with E-state index < -0.39 is 41.3 Å². The van der Waals surface area contributed by atoms with E-state index in [0.717, 1.165) is 51.4 Å². The topological polar surface area (TPSA) is 145 Å². The number of carboxylic acids is 1. The number of carbonyl (C=O) groups excluding carboxylic acids is 1. The minimum absolute atomic E-state index is 0.0155. The molecule has 0 aliphatic carbocycles. The molecule has 11 heteroatoms. The number of aliphatic carboxylic acids is 1. The van der Waals surface area contributed by atoms with Crippen LogP contribution in [0.1, 0.15) is 120 Å². The van der Waals surface area contributed by atoms with Crippen molar-refractivity contribution >= 4 is 5.97 Å². The number of hydrogen-bond donors (Lipinski definition) is 2. The van der Waals surface area contributed by atoms with E-state index in [1.807, 2.05) is 6.92 Å². The molecule has 19 atom stereocenters. The number of methoxy groups -OCH3 is 1. The van der Waals surface area contributed by atoms with Gasteiger partial charge in [-0.05, 0) is 76.5 Å². The fourth-order valence-corrected chi connectivity index (χ4v) is 11.3. The average Bonchev–Trinajstić information content (AvgIpc) is 3.75. The summed E-state index contributed by atoms with van der Waals surface area (Å²) in [5, 5.41) is 32.7. The van der Waals surface area contributed by atoms with Crippen molar-refractivity contribution in [2.45, 2.75) is 192 Å². The van der Waals surface area contributed by atoms with Gasteiger partial charge in [-0.25, -0.2) is 0 Å². The highest BCUT2D eigenvalue weighted by molar-refractivity contribution is 5.67. The van der Waals surface area contributed by atoms with Crippen LogP contribution in [0.4, 0.5) is 0 Å². The van der Waals surface area contributed by atoms with Gasteiger partial charge < -0.3 is 53.3 Å². The number of carboxylic acid groups (broad SMARTS) is 1. The molecular formula is C40H67O11-.